The maximum absolute atomic E-state index is 5.04. The molecule has 0 spiro atoms. The van der Waals surface area contributed by atoms with Crippen molar-refractivity contribution in [2.24, 2.45) is 0 Å². The summed E-state index contributed by atoms with van der Waals surface area (Å²) in [6.45, 7) is 0. The molecule has 5 heteroatoms. The highest BCUT2D eigenvalue weighted by atomic mass is 32.1. The lowest BCUT2D eigenvalue weighted by molar-refractivity contribution is 1.17. The van der Waals surface area contributed by atoms with Crippen molar-refractivity contribution < 1.29 is 0 Å². The zero-order chi connectivity index (χ0) is 33.7. The first-order valence-electron chi connectivity index (χ1n) is 17.1. The second-order valence-electron chi connectivity index (χ2n) is 12.7. The van der Waals surface area contributed by atoms with Gasteiger partial charge < -0.3 is 9.80 Å². The van der Waals surface area contributed by atoms with E-state index in [0.717, 1.165) is 56.1 Å². The smallest absolute Gasteiger partial charge is 0.173 e. The summed E-state index contributed by atoms with van der Waals surface area (Å²) < 4.78 is 4.81. The van der Waals surface area contributed by atoms with Crippen LogP contribution in [0.4, 0.5) is 34.1 Å². The first-order valence-corrected chi connectivity index (χ1v) is 17.9. The minimum atomic E-state index is 0.740. The van der Waals surface area contributed by atoms with Crippen molar-refractivity contribution in [1.29, 1.82) is 0 Å². The third-order valence-electron chi connectivity index (χ3n) is 9.76. The number of hydrogen-bond donors (Lipinski definition) is 0. The highest BCUT2D eigenvalue weighted by Gasteiger charge is 2.31. The Labute approximate surface area is 300 Å². The molecule has 0 radical (unpaired) electrons. The van der Waals surface area contributed by atoms with Gasteiger partial charge in [0.1, 0.15) is 5.01 Å². The molecular formula is C46H30N4S. The summed E-state index contributed by atoms with van der Waals surface area (Å²) >= 11 is 1.44. The van der Waals surface area contributed by atoms with Crippen LogP contribution in [0.15, 0.2) is 182 Å². The predicted molar refractivity (Wildman–Crippen MR) is 214 cm³/mol. The minimum Gasteiger partial charge on any atom is -0.306 e. The average molecular weight is 671 g/mol. The van der Waals surface area contributed by atoms with E-state index in [2.05, 4.69) is 192 Å². The predicted octanol–water partition coefficient (Wildman–Crippen LogP) is 13.1. The maximum atomic E-state index is 5.04. The molecular weight excluding hydrogens is 641 g/mol. The number of benzene rings is 8. The van der Waals surface area contributed by atoms with Gasteiger partial charge in [-0.2, -0.15) is 4.37 Å². The standard InChI is InChI=1S/C46H30N4S/c1-3-18-37-31(12-1)14-10-20-38(37)33-26-28-34(29-27-33)45-47-46(51-48-45)35-16-9-17-36(30-35)49-41-21-5-7-23-43(41)50(44-24-8-6-22-42(44)49)40-25-11-15-32-13-2-4-19-39(32)40/h1-30H. The molecule has 240 valence electrons. The van der Waals surface area contributed by atoms with Gasteiger partial charge in [0.15, 0.2) is 5.82 Å². The van der Waals surface area contributed by atoms with Crippen LogP contribution >= 0.6 is 11.5 Å². The van der Waals surface area contributed by atoms with Gasteiger partial charge in [-0.3, -0.25) is 0 Å². The zero-order valence-corrected chi connectivity index (χ0v) is 28.3. The van der Waals surface area contributed by atoms with Crippen molar-refractivity contribution >= 4 is 67.2 Å². The third kappa shape index (κ3) is 4.98. The molecule has 0 N–H and O–H groups in total. The van der Waals surface area contributed by atoms with Crippen LogP contribution in [0.3, 0.4) is 0 Å². The molecule has 10 rings (SSSR count). The second kappa shape index (κ2) is 12.1. The Hall–Kier alpha value is -6.56. The fourth-order valence-electron chi connectivity index (χ4n) is 7.40. The normalized spacial score (nSPS) is 12.2. The highest BCUT2D eigenvalue weighted by Crippen LogP contribution is 2.55. The van der Waals surface area contributed by atoms with Crippen LogP contribution in [-0.2, 0) is 0 Å². The molecule has 4 nitrogen and oxygen atoms in total. The zero-order valence-electron chi connectivity index (χ0n) is 27.5. The fourth-order valence-corrected chi connectivity index (χ4v) is 8.08. The molecule has 1 aliphatic heterocycles. The lowest BCUT2D eigenvalue weighted by atomic mass is 9.97. The lowest BCUT2D eigenvalue weighted by Gasteiger charge is -2.40. The van der Waals surface area contributed by atoms with Crippen molar-refractivity contribution in [3.8, 4) is 33.1 Å². The second-order valence-corrected chi connectivity index (χ2v) is 13.5. The molecule has 9 aromatic rings. The molecule has 0 saturated heterocycles. The van der Waals surface area contributed by atoms with E-state index in [-0.39, 0.29) is 0 Å². The molecule has 0 fully saturated rings. The summed E-state index contributed by atoms with van der Waals surface area (Å²) in [5, 5.41) is 5.82. The molecule has 1 aliphatic rings. The van der Waals surface area contributed by atoms with E-state index < -0.39 is 0 Å². The number of rotatable bonds is 5. The first-order chi connectivity index (χ1) is 25.3. The Balaban J connectivity index is 1.01. The van der Waals surface area contributed by atoms with Crippen LogP contribution in [0.5, 0.6) is 0 Å². The number of anilines is 6. The number of aromatic nitrogens is 2. The molecule has 2 heterocycles. The molecule has 0 atom stereocenters. The number of nitrogens with zero attached hydrogens (tertiary/aromatic N) is 4. The van der Waals surface area contributed by atoms with Gasteiger partial charge >= 0.3 is 0 Å². The van der Waals surface area contributed by atoms with Gasteiger partial charge in [-0.05, 0) is 81.3 Å². The van der Waals surface area contributed by atoms with Gasteiger partial charge in [0.2, 0.25) is 0 Å². The third-order valence-corrected chi connectivity index (χ3v) is 10.5. The van der Waals surface area contributed by atoms with Gasteiger partial charge in [0.25, 0.3) is 0 Å². The fraction of sp³-hybridized carbons (Fsp3) is 0. The maximum Gasteiger partial charge on any atom is 0.173 e. The van der Waals surface area contributed by atoms with Gasteiger partial charge in [-0.25, -0.2) is 4.98 Å². The molecule has 0 unspecified atom stereocenters. The SMILES string of the molecule is c1cc(-c2nc(-c3ccc(-c4cccc5ccccc45)cc3)ns2)cc(N2c3ccccc3N(c3cccc4ccccc34)c3ccccc32)c1. The molecule has 0 bridgehead atoms. The van der Waals surface area contributed by atoms with Crippen molar-refractivity contribution in [3.63, 3.8) is 0 Å². The summed E-state index contributed by atoms with van der Waals surface area (Å²) in [5.74, 6) is 0.740. The first kappa shape index (κ1) is 29.4. The topological polar surface area (TPSA) is 32.3 Å². The van der Waals surface area contributed by atoms with Gasteiger partial charge in [-0.15, -0.1) is 0 Å². The number of hydrogen-bond acceptors (Lipinski definition) is 5. The Morgan fingerprint density at radius 2 is 0.922 bits per heavy atom. The average Bonchev–Trinajstić information content (AvgIpc) is 3.70. The quantitative estimate of drug-likeness (QED) is 0.182. The minimum absolute atomic E-state index is 0.740. The van der Waals surface area contributed by atoms with Crippen molar-refractivity contribution in [2.75, 3.05) is 9.80 Å². The van der Waals surface area contributed by atoms with E-state index in [9.17, 15) is 0 Å². The van der Waals surface area contributed by atoms with E-state index in [1.165, 1.54) is 44.2 Å². The van der Waals surface area contributed by atoms with Crippen molar-refractivity contribution in [3.05, 3.63) is 182 Å². The van der Waals surface area contributed by atoms with E-state index in [1.54, 1.807) is 0 Å². The summed E-state index contributed by atoms with van der Waals surface area (Å²) in [6.07, 6.45) is 0. The van der Waals surface area contributed by atoms with Crippen LogP contribution in [0.1, 0.15) is 0 Å². The van der Waals surface area contributed by atoms with Gasteiger partial charge in [0, 0.05) is 22.2 Å². The van der Waals surface area contributed by atoms with Crippen LogP contribution in [0, 0.1) is 0 Å². The van der Waals surface area contributed by atoms with Crippen LogP contribution in [-0.4, -0.2) is 9.36 Å². The Morgan fingerprint density at radius 1 is 0.392 bits per heavy atom. The summed E-state index contributed by atoms with van der Waals surface area (Å²) in [7, 11) is 0. The van der Waals surface area contributed by atoms with Crippen molar-refractivity contribution in [2.45, 2.75) is 0 Å². The Bertz CT molecular complexity index is 2670. The molecule has 0 amide bonds. The molecule has 1 aromatic heterocycles. The summed E-state index contributed by atoms with van der Waals surface area (Å²) in [5.41, 5.74) is 11.2. The van der Waals surface area contributed by atoms with Crippen LogP contribution in [0.25, 0.3) is 54.6 Å². The monoisotopic (exact) mass is 670 g/mol. The molecule has 0 aliphatic carbocycles. The summed E-state index contributed by atoms with van der Waals surface area (Å²) in [4.78, 5) is 9.80. The Kier molecular flexibility index (Phi) is 6.96. The molecule has 8 aromatic carbocycles. The highest BCUT2D eigenvalue weighted by molar-refractivity contribution is 7.09. The lowest BCUT2D eigenvalue weighted by Crippen LogP contribution is -2.24. The molecule has 0 saturated carbocycles. The van der Waals surface area contributed by atoms with E-state index in [1.807, 2.05) is 0 Å². The largest absolute Gasteiger partial charge is 0.306 e. The number of para-hydroxylation sites is 4. The van der Waals surface area contributed by atoms with Crippen molar-refractivity contribution in [1.82, 2.24) is 9.36 Å². The van der Waals surface area contributed by atoms with E-state index >= 15 is 0 Å². The van der Waals surface area contributed by atoms with Gasteiger partial charge in [0.05, 0.1) is 28.4 Å². The summed E-state index contributed by atoms with van der Waals surface area (Å²) in [6, 6.07) is 64.7. The van der Waals surface area contributed by atoms with E-state index in [0.29, 0.717) is 0 Å². The van der Waals surface area contributed by atoms with Gasteiger partial charge in [-0.1, -0.05) is 140 Å². The Morgan fingerprint density at radius 3 is 1.65 bits per heavy atom. The van der Waals surface area contributed by atoms with E-state index in [4.69, 9.17) is 9.36 Å². The number of fused-ring (bicyclic) bond motifs is 4. The molecule has 51 heavy (non-hydrogen) atoms. The van der Waals surface area contributed by atoms with Crippen LogP contribution < -0.4 is 9.80 Å². The van der Waals surface area contributed by atoms with Crippen LogP contribution in [0.2, 0.25) is 0 Å².